The van der Waals surface area contributed by atoms with Crippen LogP contribution in [-0.4, -0.2) is 38.4 Å². The highest BCUT2D eigenvalue weighted by atomic mass is 16.7. The molecule has 2 atom stereocenters. The van der Waals surface area contributed by atoms with E-state index < -0.39 is 0 Å². The predicted octanol–water partition coefficient (Wildman–Crippen LogP) is 1.83. The Hall–Kier alpha value is -0.940. The zero-order valence-electron chi connectivity index (χ0n) is 10.9. The summed E-state index contributed by atoms with van der Waals surface area (Å²) in [6.45, 7) is 0.724. The molecule has 0 N–H and O–H groups in total. The lowest BCUT2D eigenvalue weighted by Crippen LogP contribution is -2.28. The lowest BCUT2D eigenvalue weighted by Gasteiger charge is -2.27. The number of carbonyl (C=O) groups is 2. The van der Waals surface area contributed by atoms with Gasteiger partial charge in [-0.3, -0.25) is 4.79 Å². The van der Waals surface area contributed by atoms with Crippen LogP contribution in [0.25, 0.3) is 0 Å². The number of esters is 1. The summed E-state index contributed by atoms with van der Waals surface area (Å²) < 4.78 is 15.9. The van der Waals surface area contributed by atoms with Crippen molar-refractivity contribution in [3.05, 3.63) is 0 Å². The standard InChI is InChI=1S/C13H22O5/c1-16-12(15)8-7-11(5-4-9-14)18-13-6-2-3-10-17-13/h9,11,13H,2-8,10H2,1H3/t11?,13-/m1/s1. The van der Waals surface area contributed by atoms with E-state index in [9.17, 15) is 9.59 Å². The van der Waals surface area contributed by atoms with Gasteiger partial charge in [0.25, 0.3) is 0 Å². The third-order valence-corrected chi connectivity index (χ3v) is 2.99. The first-order valence-corrected chi connectivity index (χ1v) is 6.53. The Kier molecular flexibility index (Phi) is 7.60. The van der Waals surface area contributed by atoms with Crippen LogP contribution in [-0.2, 0) is 23.8 Å². The quantitative estimate of drug-likeness (QED) is 0.491. The smallest absolute Gasteiger partial charge is 0.305 e. The summed E-state index contributed by atoms with van der Waals surface area (Å²) in [5.41, 5.74) is 0. The van der Waals surface area contributed by atoms with Crippen molar-refractivity contribution >= 4 is 12.3 Å². The summed E-state index contributed by atoms with van der Waals surface area (Å²) in [5, 5.41) is 0. The molecule has 18 heavy (non-hydrogen) atoms. The Balaban J connectivity index is 2.33. The molecule has 1 aliphatic heterocycles. The fourth-order valence-electron chi connectivity index (χ4n) is 1.95. The summed E-state index contributed by atoms with van der Waals surface area (Å²) in [6.07, 6.45) is 5.58. The van der Waals surface area contributed by atoms with Crippen LogP contribution in [0.2, 0.25) is 0 Å². The number of ether oxygens (including phenoxy) is 3. The Morgan fingerprint density at radius 1 is 1.44 bits per heavy atom. The number of hydrogen-bond acceptors (Lipinski definition) is 5. The van der Waals surface area contributed by atoms with E-state index in [0.29, 0.717) is 25.7 Å². The number of methoxy groups -OCH3 is 1. The van der Waals surface area contributed by atoms with Crippen molar-refractivity contribution in [3.8, 4) is 0 Å². The van der Waals surface area contributed by atoms with Crippen LogP contribution in [0, 0.1) is 0 Å². The van der Waals surface area contributed by atoms with Gasteiger partial charge in [0.1, 0.15) is 6.29 Å². The fourth-order valence-corrected chi connectivity index (χ4v) is 1.95. The number of rotatable bonds is 8. The third kappa shape index (κ3) is 6.12. The van der Waals surface area contributed by atoms with Crippen LogP contribution in [0.5, 0.6) is 0 Å². The van der Waals surface area contributed by atoms with Crippen LogP contribution in [0.1, 0.15) is 44.9 Å². The monoisotopic (exact) mass is 258 g/mol. The van der Waals surface area contributed by atoms with Gasteiger partial charge in [0.2, 0.25) is 0 Å². The van der Waals surface area contributed by atoms with Crippen molar-refractivity contribution in [1.29, 1.82) is 0 Å². The van der Waals surface area contributed by atoms with Gasteiger partial charge in [-0.25, -0.2) is 0 Å². The SMILES string of the molecule is COC(=O)CCC(CCC=O)O[C@@H]1CCCCO1. The van der Waals surface area contributed by atoms with Crippen molar-refractivity contribution in [2.45, 2.75) is 57.3 Å². The molecule has 0 aromatic rings. The maximum absolute atomic E-state index is 11.1. The average molecular weight is 258 g/mol. The summed E-state index contributed by atoms with van der Waals surface area (Å²) in [5.74, 6) is -0.251. The molecule has 5 heteroatoms. The molecule has 0 saturated carbocycles. The minimum atomic E-state index is -0.251. The molecule has 0 aromatic carbocycles. The van der Waals surface area contributed by atoms with E-state index >= 15 is 0 Å². The predicted molar refractivity (Wildman–Crippen MR) is 65.0 cm³/mol. The van der Waals surface area contributed by atoms with E-state index in [4.69, 9.17) is 9.47 Å². The highest BCUT2D eigenvalue weighted by Gasteiger charge is 2.20. The van der Waals surface area contributed by atoms with Crippen LogP contribution in [0.3, 0.4) is 0 Å². The molecule has 1 unspecified atom stereocenters. The zero-order valence-corrected chi connectivity index (χ0v) is 10.9. The summed E-state index contributed by atoms with van der Waals surface area (Å²) in [4.78, 5) is 21.5. The molecule has 1 aliphatic rings. The highest BCUT2D eigenvalue weighted by molar-refractivity contribution is 5.69. The molecule has 1 fully saturated rings. The summed E-state index contributed by atoms with van der Waals surface area (Å²) in [6, 6.07) is 0. The van der Waals surface area contributed by atoms with E-state index in [1.165, 1.54) is 7.11 Å². The Morgan fingerprint density at radius 3 is 2.89 bits per heavy atom. The van der Waals surface area contributed by atoms with Gasteiger partial charge in [0.15, 0.2) is 6.29 Å². The zero-order chi connectivity index (χ0) is 13.2. The van der Waals surface area contributed by atoms with E-state index in [2.05, 4.69) is 4.74 Å². The maximum atomic E-state index is 11.1. The van der Waals surface area contributed by atoms with Gasteiger partial charge in [0, 0.05) is 19.4 Å². The number of hydrogen-bond donors (Lipinski definition) is 0. The second-order valence-corrected chi connectivity index (χ2v) is 4.41. The van der Waals surface area contributed by atoms with Gasteiger partial charge in [-0.05, 0) is 32.1 Å². The second-order valence-electron chi connectivity index (χ2n) is 4.41. The van der Waals surface area contributed by atoms with Gasteiger partial charge >= 0.3 is 5.97 Å². The largest absolute Gasteiger partial charge is 0.469 e. The number of carbonyl (C=O) groups excluding carboxylic acids is 2. The molecule has 104 valence electrons. The van der Waals surface area contributed by atoms with Gasteiger partial charge in [-0.15, -0.1) is 0 Å². The van der Waals surface area contributed by atoms with Crippen molar-refractivity contribution in [3.63, 3.8) is 0 Å². The van der Waals surface area contributed by atoms with Crippen LogP contribution >= 0.6 is 0 Å². The van der Waals surface area contributed by atoms with Crippen LogP contribution < -0.4 is 0 Å². The van der Waals surface area contributed by atoms with Crippen LogP contribution in [0.15, 0.2) is 0 Å². The molecule has 1 saturated heterocycles. The molecule has 0 bridgehead atoms. The Bertz CT molecular complexity index is 248. The summed E-state index contributed by atoms with van der Waals surface area (Å²) in [7, 11) is 1.37. The van der Waals surface area contributed by atoms with Gasteiger partial charge in [0.05, 0.1) is 13.2 Å². The van der Waals surface area contributed by atoms with Crippen molar-refractivity contribution < 1.29 is 23.8 Å². The molecule has 0 spiro atoms. The van der Waals surface area contributed by atoms with E-state index in [1.807, 2.05) is 0 Å². The molecule has 0 amide bonds. The van der Waals surface area contributed by atoms with E-state index in [0.717, 1.165) is 32.2 Å². The first kappa shape index (κ1) is 15.1. The molecule has 5 nitrogen and oxygen atoms in total. The molecule has 0 aromatic heterocycles. The van der Waals surface area contributed by atoms with Crippen molar-refractivity contribution in [2.24, 2.45) is 0 Å². The molecule has 1 heterocycles. The normalized spacial score (nSPS) is 21.3. The second kappa shape index (κ2) is 9.05. The van der Waals surface area contributed by atoms with E-state index in [1.54, 1.807) is 0 Å². The molecular weight excluding hydrogens is 236 g/mol. The fraction of sp³-hybridized carbons (Fsp3) is 0.846. The van der Waals surface area contributed by atoms with Gasteiger partial charge in [-0.1, -0.05) is 0 Å². The summed E-state index contributed by atoms with van der Waals surface area (Å²) >= 11 is 0. The van der Waals surface area contributed by atoms with Crippen LogP contribution in [0.4, 0.5) is 0 Å². The molecule has 0 aliphatic carbocycles. The highest BCUT2D eigenvalue weighted by Crippen LogP contribution is 2.19. The first-order chi connectivity index (χ1) is 8.76. The first-order valence-electron chi connectivity index (χ1n) is 6.53. The van der Waals surface area contributed by atoms with Gasteiger partial charge < -0.3 is 19.0 Å². The Labute approximate surface area is 108 Å². The topological polar surface area (TPSA) is 61.8 Å². The average Bonchev–Trinajstić information content (AvgIpc) is 2.42. The third-order valence-electron chi connectivity index (χ3n) is 2.99. The Morgan fingerprint density at radius 2 is 2.28 bits per heavy atom. The molecule has 1 rings (SSSR count). The minimum absolute atomic E-state index is 0.114. The maximum Gasteiger partial charge on any atom is 0.305 e. The van der Waals surface area contributed by atoms with Crippen molar-refractivity contribution in [2.75, 3.05) is 13.7 Å². The molecular formula is C13H22O5. The lowest BCUT2D eigenvalue weighted by atomic mass is 10.1. The molecule has 0 radical (unpaired) electrons. The van der Waals surface area contributed by atoms with Gasteiger partial charge in [-0.2, -0.15) is 0 Å². The number of aldehydes is 1. The minimum Gasteiger partial charge on any atom is -0.469 e. The van der Waals surface area contributed by atoms with E-state index in [-0.39, 0.29) is 18.4 Å². The lowest BCUT2D eigenvalue weighted by molar-refractivity contribution is -0.191. The van der Waals surface area contributed by atoms with Crippen molar-refractivity contribution in [1.82, 2.24) is 0 Å².